The summed E-state index contributed by atoms with van der Waals surface area (Å²) in [6, 6.07) is 72.9. The first-order valence-corrected chi connectivity index (χ1v) is 22.5. The Kier molecular flexibility index (Phi) is 7.95. The summed E-state index contributed by atoms with van der Waals surface area (Å²) in [4.78, 5) is 9.45. The average Bonchev–Trinajstić information content (AvgIpc) is 4.13. The van der Waals surface area contributed by atoms with E-state index < -0.39 is 0 Å². The van der Waals surface area contributed by atoms with Gasteiger partial charge in [0.2, 0.25) is 5.82 Å². The van der Waals surface area contributed by atoms with Crippen LogP contribution in [-0.2, 0) is 0 Å². The average molecular weight is 867 g/mol. The van der Waals surface area contributed by atoms with E-state index in [0.29, 0.717) is 22.5 Å². The molecule has 0 aliphatic carbocycles. The Balaban J connectivity index is 1.37. The van der Waals surface area contributed by atoms with Gasteiger partial charge in [-0.2, -0.15) is 10.5 Å². The SMILES string of the molecule is N#Cc1ncc(-c2c(-n3c4ccccc4c4ccccc43)c(-n3c4ccccc4c4ccccc43)c(C#N)c(-n3c4ccccc4c4ccccc43)c2-n2c3ccccc3c3ccccc32)cn1. The zero-order valence-electron chi connectivity index (χ0n) is 36.2. The topological polar surface area (TPSA) is 93.1 Å². The third kappa shape index (κ3) is 5.06. The van der Waals surface area contributed by atoms with Crippen molar-refractivity contribution < 1.29 is 0 Å². The second kappa shape index (κ2) is 14.4. The Bertz CT molecular complexity index is 4060. The Morgan fingerprint density at radius 3 is 0.765 bits per heavy atom. The first-order chi connectivity index (χ1) is 33.7. The van der Waals surface area contributed by atoms with E-state index >= 15 is 0 Å². The second-order valence-electron chi connectivity index (χ2n) is 17.1. The fourth-order valence-corrected chi connectivity index (χ4v) is 11.1. The normalized spacial score (nSPS) is 11.8. The maximum absolute atomic E-state index is 12.6. The van der Waals surface area contributed by atoms with E-state index in [9.17, 15) is 10.5 Å². The van der Waals surface area contributed by atoms with Crippen molar-refractivity contribution in [3.8, 4) is 46.0 Å². The highest BCUT2D eigenvalue weighted by atomic mass is 15.1. The second-order valence-corrected chi connectivity index (χ2v) is 17.1. The van der Waals surface area contributed by atoms with Gasteiger partial charge in [-0.25, -0.2) is 9.97 Å². The zero-order chi connectivity index (χ0) is 45.0. The molecule has 0 amide bonds. The van der Waals surface area contributed by atoms with Gasteiger partial charge in [0.05, 0.1) is 66.9 Å². The van der Waals surface area contributed by atoms with E-state index in [1.165, 1.54) is 0 Å². The van der Waals surface area contributed by atoms with E-state index in [4.69, 9.17) is 9.97 Å². The van der Waals surface area contributed by atoms with Gasteiger partial charge in [-0.05, 0) is 48.5 Å². The maximum atomic E-state index is 12.6. The van der Waals surface area contributed by atoms with Crippen LogP contribution in [0, 0.1) is 22.7 Å². The van der Waals surface area contributed by atoms with Crippen LogP contribution in [0.5, 0.6) is 0 Å². The molecular weight excluding hydrogens is 833 g/mol. The summed E-state index contributed by atoms with van der Waals surface area (Å²) in [6.07, 6.45) is 3.54. The van der Waals surface area contributed by atoms with Gasteiger partial charge < -0.3 is 18.3 Å². The highest BCUT2D eigenvalue weighted by molar-refractivity contribution is 6.17. The van der Waals surface area contributed by atoms with Gasteiger partial charge in [-0.15, -0.1) is 0 Å². The molecule has 0 saturated carbocycles. The van der Waals surface area contributed by atoms with Gasteiger partial charge in [0.15, 0.2) is 0 Å². The molecule has 0 saturated heterocycles. The third-order valence-corrected chi connectivity index (χ3v) is 13.8. The number of nitriles is 2. The molecule has 0 unspecified atom stereocenters. The van der Waals surface area contributed by atoms with Gasteiger partial charge in [0.25, 0.3) is 0 Å². The van der Waals surface area contributed by atoms with Crippen LogP contribution in [-0.4, -0.2) is 28.2 Å². The Morgan fingerprint density at radius 2 is 0.529 bits per heavy atom. The molecule has 5 aromatic heterocycles. The minimum atomic E-state index is 0.0597. The number of aromatic nitrogens is 6. The molecule has 0 fully saturated rings. The lowest BCUT2D eigenvalue weighted by molar-refractivity contribution is 1.03. The molecule has 0 aliphatic heterocycles. The van der Waals surface area contributed by atoms with Crippen LogP contribution in [0.1, 0.15) is 11.4 Å². The van der Waals surface area contributed by atoms with Crippen molar-refractivity contribution in [1.29, 1.82) is 10.5 Å². The number of fused-ring (bicyclic) bond motifs is 12. The highest BCUT2D eigenvalue weighted by Crippen LogP contribution is 2.51. The summed E-state index contributed by atoms with van der Waals surface area (Å²) in [7, 11) is 0. The van der Waals surface area contributed by atoms with Crippen molar-refractivity contribution in [2.75, 3.05) is 0 Å². The lowest BCUT2D eigenvalue weighted by Crippen LogP contribution is -2.16. The standard InChI is InChI=1S/C60H34N8/c61-33-46-57(65-47-25-9-1-17-38(47)39-18-2-10-26-48(39)65)59(67-51-29-13-5-21-42(51)43-22-6-14-30-52(43)67)56(37-35-63-55(34-62)64-36-37)60(68-53-31-15-7-23-44(53)45-24-8-16-32-54(45)68)58(46)66-49-27-11-3-19-40(49)41-20-4-12-28-50(41)66/h1-32,35-36H. The molecule has 0 radical (unpaired) electrons. The maximum Gasteiger partial charge on any atom is 0.232 e. The number of rotatable bonds is 5. The van der Waals surface area contributed by atoms with Crippen molar-refractivity contribution in [2.45, 2.75) is 0 Å². The zero-order valence-corrected chi connectivity index (χ0v) is 36.2. The largest absolute Gasteiger partial charge is 0.306 e. The number of hydrogen-bond acceptors (Lipinski definition) is 4. The van der Waals surface area contributed by atoms with Crippen LogP contribution in [0.25, 0.3) is 121 Å². The van der Waals surface area contributed by atoms with Crippen molar-refractivity contribution in [3.63, 3.8) is 0 Å². The van der Waals surface area contributed by atoms with E-state index in [1.807, 2.05) is 0 Å². The molecule has 0 spiro atoms. The molecule has 314 valence electrons. The molecule has 0 atom stereocenters. The minimum Gasteiger partial charge on any atom is -0.306 e. The molecule has 5 heterocycles. The van der Waals surface area contributed by atoms with E-state index in [1.54, 1.807) is 12.4 Å². The monoisotopic (exact) mass is 866 g/mol. The summed E-state index contributed by atoms with van der Waals surface area (Å²) in [6.45, 7) is 0. The smallest absolute Gasteiger partial charge is 0.232 e. The Hall–Kier alpha value is -9.76. The summed E-state index contributed by atoms with van der Waals surface area (Å²) in [5, 5.41) is 31.3. The molecule has 8 nitrogen and oxygen atoms in total. The van der Waals surface area contributed by atoms with Gasteiger partial charge in [0, 0.05) is 66.6 Å². The third-order valence-electron chi connectivity index (χ3n) is 13.8. The lowest BCUT2D eigenvalue weighted by Gasteiger charge is -2.29. The number of hydrogen-bond donors (Lipinski definition) is 0. The fourth-order valence-electron chi connectivity index (χ4n) is 11.1. The fraction of sp³-hybridized carbons (Fsp3) is 0. The summed E-state index contributed by atoms with van der Waals surface area (Å²) < 4.78 is 9.27. The summed E-state index contributed by atoms with van der Waals surface area (Å²) in [5.74, 6) is 0.0597. The molecular formula is C60H34N8. The molecule has 14 rings (SSSR count). The first-order valence-electron chi connectivity index (χ1n) is 22.5. The number of para-hydroxylation sites is 8. The van der Waals surface area contributed by atoms with Crippen LogP contribution in [0.4, 0.5) is 0 Å². The summed E-state index contributed by atoms with van der Waals surface area (Å²) in [5.41, 5.74) is 12.5. The van der Waals surface area contributed by atoms with Crippen molar-refractivity contribution in [3.05, 3.63) is 218 Å². The molecule has 14 aromatic rings. The predicted octanol–water partition coefficient (Wildman–Crippen LogP) is 14.3. The predicted molar refractivity (Wildman–Crippen MR) is 274 cm³/mol. The van der Waals surface area contributed by atoms with Crippen molar-refractivity contribution >= 4 is 87.2 Å². The van der Waals surface area contributed by atoms with E-state index in [-0.39, 0.29) is 5.82 Å². The van der Waals surface area contributed by atoms with Crippen LogP contribution in [0.2, 0.25) is 0 Å². The van der Waals surface area contributed by atoms with Crippen LogP contribution in [0.3, 0.4) is 0 Å². The Labute approximate surface area is 388 Å². The van der Waals surface area contributed by atoms with E-state index in [2.05, 4.69) is 225 Å². The van der Waals surface area contributed by atoms with Crippen LogP contribution >= 0.6 is 0 Å². The number of nitrogens with zero attached hydrogens (tertiary/aromatic N) is 8. The van der Waals surface area contributed by atoms with E-state index in [0.717, 1.165) is 104 Å². The van der Waals surface area contributed by atoms with Crippen molar-refractivity contribution in [1.82, 2.24) is 28.2 Å². The van der Waals surface area contributed by atoms with Gasteiger partial charge in [-0.1, -0.05) is 146 Å². The van der Waals surface area contributed by atoms with Crippen LogP contribution < -0.4 is 0 Å². The van der Waals surface area contributed by atoms with Gasteiger partial charge >= 0.3 is 0 Å². The quantitative estimate of drug-likeness (QED) is 0.172. The van der Waals surface area contributed by atoms with Gasteiger partial charge in [0.1, 0.15) is 17.7 Å². The molecule has 0 N–H and O–H groups in total. The molecule has 68 heavy (non-hydrogen) atoms. The van der Waals surface area contributed by atoms with Crippen LogP contribution in [0.15, 0.2) is 207 Å². The minimum absolute atomic E-state index is 0.0597. The first kappa shape index (κ1) is 37.6. The lowest BCUT2D eigenvalue weighted by atomic mass is 9.94. The van der Waals surface area contributed by atoms with Gasteiger partial charge in [-0.3, -0.25) is 0 Å². The number of benzene rings is 9. The molecule has 0 aliphatic rings. The van der Waals surface area contributed by atoms with Crippen molar-refractivity contribution in [2.24, 2.45) is 0 Å². The molecule has 0 bridgehead atoms. The summed E-state index contributed by atoms with van der Waals surface area (Å²) >= 11 is 0. The molecule has 8 heteroatoms. The highest BCUT2D eigenvalue weighted by Gasteiger charge is 2.35. The Morgan fingerprint density at radius 1 is 0.294 bits per heavy atom. The molecule has 9 aromatic carbocycles.